The zero-order valence-corrected chi connectivity index (χ0v) is 11.5. The van der Waals surface area contributed by atoms with Crippen LogP contribution in [-0.4, -0.2) is 12.1 Å². The summed E-state index contributed by atoms with van der Waals surface area (Å²) in [6, 6.07) is 17.0. The molecular formula is C17H16O3. The Kier molecular flexibility index (Phi) is 3.07. The maximum absolute atomic E-state index is 12.1. The van der Waals surface area contributed by atoms with Gasteiger partial charge < -0.3 is 9.47 Å². The van der Waals surface area contributed by atoms with Gasteiger partial charge in [0.15, 0.2) is 0 Å². The first-order chi connectivity index (χ1) is 9.63. The first kappa shape index (κ1) is 12.9. The van der Waals surface area contributed by atoms with Crippen molar-refractivity contribution in [2.24, 2.45) is 0 Å². The minimum Gasteiger partial charge on any atom is -0.420 e. The van der Waals surface area contributed by atoms with Crippen LogP contribution in [0.5, 0.6) is 0 Å². The molecule has 0 aliphatic carbocycles. The van der Waals surface area contributed by atoms with E-state index >= 15 is 0 Å². The lowest BCUT2D eigenvalue weighted by atomic mass is 9.95. The summed E-state index contributed by atoms with van der Waals surface area (Å²) in [6.45, 7) is 3.86. The molecule has 2 aromatic rings. The van der Waals surface area contributed by atoms with E-state index in [9.17, 15) is 4.79 Å². The highest BCUT2D eigenvalue weighted by molar-refractivity contribution is 5.95. The lowest BCUT2D eigenvalue weighted by Gasteiger charge is -2.31. The minimum absolute atomic E-state index is 0.0748. The van der Waals surface area contributed by atoms with Crippen LogP contribution < -0.4 is 0 Å². The Morgan fingerprint density at radius 2 is 1.65 bits per heavy atom. The van der Waals surface area contributed by atoms with Crippen LogP contribution >= 0.6 is 0 Å². The molecule has 0 radical (unpaired) electrons. The molecule has 0 saturated carbocycles. The first-order valence-electron chi connectivity index (χ1n) is 6.69. The molecule has 1 aliphatic rings. The molecule has 2 aromatic carbocycles. The zero-order valence-electron chi connectivity index (χ0n) is 11.5. The number of esters is 1. The molecule has 0 amide bonds. The Balaban J connectivity index is 2.21. The van der Waals surface area contributed by atoms with Crippen LogP contribution in [0, 0.1) is 0 Å². The molecule has 0 aromatic heterocycles. The second-order valence-corrected chi connectivity index (χ2v) is 5.08. The number of ether oxygens (including phenoxy) is 2. The molecule has 3 nitrogen and oxygen atoms in total. The Bertz CT molecular complexity index is 634. The third-order valence-corrected chi connectivity index (χ3v) is 3.29. The van der Waals surface area contributed by atoms with Crippen LogP contribution in [0.3, 0.4) is 0 Å². The van der Waals surface area contributed by atoms with Gasteiger partial charge in [-0.3, -0.25) is 0 Å². The van der Waals surface area contributed by atoms with Crippen molar-refractivity contribution in [1.82, 2.24) is 0 Å². The molecule has 0 bridgehead atoms. The Hall–Kier alpha value is -2.13. The topological polar surface area (TPSA) is 35.5 Å². The van der Waals surface area contributed by atoms with Crippen LogP contribution in [0.25, 0.3) is 0 Å². The van der Waals surface area contributed by atoms with Gasteiger partial charge in [-0.15, -0.1) is 0 Å². The Morgan fingerprint density at radius 3 is 2.35 bits per heavy atom. The van der Waals surface area contributed by atoms with E-state index < -0.39 is 5.79 Å². The Labute approximate surface area is 118 Å². The molecule has 3 rings (SSSR count). The maximum Gasteiger partial charge on any atom is 0.341 e. The monoisotopic (exact) mass is 268 g/mol. The largest absolute Gasteiger partial charge is 0.420 e. The lowest BCUT2D eigenvalue weighted by Crippen LogP contribution is -2.34. The van der Waals surface area contributed by atoms with Crippen molar-refractivity contribution in [1.29, 1.82) is 0 Å². The maximum atomic E-state index is 12.1. The zero-order chi connectivity index (χ0) is 14.2. The molecule has 0 spiro atoms. The third-order valence-electron chi connectivity index (χ3n) is 3.29. The van der Waals surface area contributed by atoms with Gasteiger partial charge in [-0.05, 0) is 19.9 Å². The number of benzene rings is 2. The van der Waals surface area contributed by atoms with Gasteiger partial charge in [0.25, 0.3) is 5.79 Å². The summed E-state index contributed by atoms with van der Waals surface area (Å²) in [6.07, 6.45) is -0.0748. The smallest absolute Gasteiger partial charge is 0.341 e. The molecule has 0 saturated heterocycles. The molecule has 3 heteroatoms. The Morgan fingerprint density at radius 1 is 1.00 bits per heavy atom. The number of cyclic esters (lactones) is 1. The molecular weight excluding hydrogens is 252 g/mol. The van der Waals surface area contributed by atoms with Crippen LogP contribution in [0.4, 0.5) is 0 Å². The quantitative estimate of drug-likeness (QED) is 0.799. The number of hydrogen-bond donors (Lipinski definition) is 0. The van der Waals surface area contributed by atoms with Gasteiger partial charge >= 0.3 is 5.97 Å². The third kappa shape index (κ3) is 1.91. The van der Waals surface area contributed by atoms with Crippen molar-refractivity contribution in [3.63, 3.8) is 0 Å². The summed E-state index contributed by atoms with van der Waals surface area (Å²) in [5.74, 6) is -1.48. The van der Waals surface area contributed by atoms with Gasteiger partial charge in [-0.2, -0.15) is 0 Å². The molecule has 102 valence electrons. The molecule has 1 aliphatic heterocycles. The summed E-state index contributed by atoms with van der Waals surface area (Å²) in [5.41, 5.74) is 2.16. The molecule has 0 N–H and O–H groups in total. The van der Waals surface area contributed by atoms with Crippen molar-refractivity contribution < 1.29 is 14.3 Å². The van der Waals surface area contributed by atoms with Crippen molar-refractivity contribution in [2.75, 3.05) is 0 Å². The van der Waals surface area contributed by atoms with Crippen LogP contribution in [0.15, 0.2) is 54.6 Å². The number of fused-ring (bicyclic) bond motifs is 1. The second kappa shape index (κ2) is 4.76. The summed E-state index contributed by atoms with van der Waals surface area (Å²) in [4.78, 5) is 12.1. The fourth-order valence-corrected chi connectivity index (χ4v) is 2.55. The van der Waals surface area contributed by atoms with E-state index in [0.29, 0.717) is 5.56 Å². The number of carbonyl (C=O) groups is 1. The standard InChI is InChI=1S/C17H16O3/c1-12(2)19-17(13-8-4-3-5-9-13)15-11-7-6-10-14(15)16(18)20-17/h3-12H,1-2H3/t17-/m0/s1. The number of rotatable bonds is 3. The van der Waals surface area contributed by atoms with Gasteiger partial charge in [0.2, 0.25) is 0 Å². The van der Waals surface area contributed by atoms with Crippen LogP contribution in [0.1, 0.15) is 35.3 Å². The summed E-state index contributed by atoms with van der Waals surface area (Å²) in [5, 5.41) is 0. The summed E-state index contributed by atoms with van der Waals surface area (Å²) >= 11 is 0. The van der Waals surface area contributed by atoms with E-state index in [-0.39, 0.29) is 12.1 Å². The predicted molar refractivity (Wildman–Crippen MR) is 75.3 cm³/mol. The molecule has 20 heavy (non-hydrogen) atoms. The van der Waals surface area contributed by atoms with Crippen molar-refractivity contribution in [3.8, 4) is 0 Å². The minimum atomic E-state index is -1.14. The van der Waals surface area contributed by atoms with Gasteiger partial charge in [-0.1, -0.05) is 48.5 Å². The highest BCUT2D eigenvalue weighted by Crippen LogP contribution is 2.43. The van der Waals surface area contributed by atoms with Gasteiger partial charge in [0, 0.05) is 11.1 Å². The highest BCUT2D eigenvalue weighted by atomic mass is 16.7. The van der Waals surface area contributed by atoms with E-state index in [1.54, 1.807) is 6.07 Å². The van der Waals surface area contributed by atoms with E-state index in [0.717, 1.165) is 11.1 Å². The van der Waals surface area contributed by atoms with Crippen molar-refractivity contribution in [3.05, 3.63) is 71.3 Å². The number of carbonyl (C=O) groups excluding carboxylic acids is 1. The second-order valence-electron chi connectivity index (χ2n) is 5.08. The predicted octanol–water partition coefficient (Wildman–Crippen LogP) is 3.48. The van der Waals surface area contributed by atoms with Gasteiger partial charge in [0.1, 0.15) is 0 Å². The van der Waals surface area contributed by atoms with Gasteiger partial charge in [-0.25, -0.2) is 4.79 Å². The average molecular weight is 268 g/mol. The fourth-order valence-electron chi connectivity index (χ4n) is 2.55. The van der Waals surface area contributed by atoms with Gasteiger partial charge in [0.05, 0.1) is 11.7 Å². The lowest BCUT2D eigenvalue weighted by molar-refractivity contribution is -0.194. The van der Waals surface area contributed by atoms with Crippen molar-refractivity contribution >= 4 is 5.97 Å². The van der Waals surface area contributed by atoms with Crippen LogP contribution in [-0.2, 0) is 15.3 Å². The number of hydrogen-bond acceptors (Lipinski definition) is 3. The molecule has 0 fully saturated rings. The van der Waals surface area contributed by atoms with Crippen molar-refractivity contribution in [2.45, 2.75) is 25.7 Å². The molecule has 0 unspecified atom stereocenters. The summed E-state index contributed by atoms with van der Waals surface area (Å²) in [7, 11) is 0. The average Bonchev–Trinajstić information content (AvgIpc) is 2.74. The van der Waals surface area contributed by atoms with E-state index in [1.165, 1.54) is 0 Å². The highest BCUT2D eigenvalue weighted by Gasteiger charge is 2.48. The fraction of sp³-hybridized carbons (Fsp3) is 0.235. The molecule has 1 atom stereocenters. The summed E-state index contributed by atoms with van der Waals surface area (Å²) < 4.78 is 11.7. The van der Waals surface area contributed by atoms with E-state index in [2.05, 4.69) is 0 Å². The SMILES string of the molecule is CC(C)O[C@@]1(c2ccccc2)OC(=O)c2ccccc21. The van der Waals surface area contributed by atoms with Crippen LogP contribution in [0.2, 0.25) is 0 Å². The molecule has 1 heterocycles. The first-order valence-corrected chi connectivity index (χ1v) is 6.69. The van der Waals surface area contributed by atoms with E-state index in [4.69, 9.17) is 9.47 Å². The normalized spacial score (nSPS) is 20.9. The van der Waals surface area contributed by atoms with E-state index in [1.807, 2.05) is 62.4 Å².